The number of carbonyl (C=O) groups is 1. The van der Waals surface area contributed by atoms with Gasteiger partial charge in [-0.05, 0) is 25.0 Å². The summed E-state index contributed by atoms with van der Waals surface area (Å²) in [7, 11) is 6.55. The number of rotatable bonds is 7. The van der Waals surface area contributed by atoms with E-state index in [2.05, 4.69) is 57.6 Å². The smallest absolute Gasteiger partial charge is 0.235 e. The molecule has 0 aromatic heterocycles. The summed E-state index contributed by atoms with van der Waals surface area (Å²) in [6.45, 7) is 4.82. The van der Waals surface area contributed by atoms with Crippen LogP contribution in [0.5, 0.6) is 0 Å². The molecule has 1 unspecified atom stereocenters. The van der Waals surface area contributed by atoms with Gasteiger partial charge in [-0.25, -0.2) is 0 Å². The minimum Gasteiger partial charge on any atom is -1.00 e. The zero-order valence-corrected chi connectivity index (χ0v) is 18.1. The van der Waals surface area contributed by atoms with Gasteiger partial charge in [0.15, 0.2) is 0 Å². The van der Waals surface area contributed by atoms with Crippen molar-refractivity contribution in [1.29, 1.82) is 0 Å². The Balaban J connectivity index is 0.00000338. The first-order chi connectivity index (χ1) is 11.8. The van der Waals surface area contributed by atoms with Gasteiger partial charge in [-0.1, -0.05) is 60.7 Å². The minimum atomic E-state index is -0.691. The molecule has 26 heavy (non-hydrogen) atoms. The van der Waals surface area contributed by atoms with Gasteiger partial charge in [0, 0.05) is 13.0 Å². The van der Waals surface area contributed by atoms with Crippen molar-refractivity contribution in [3.63, 3.8) is 0 Å². The summed E-state index contributed by atoms with van der Waals surface area (Å²) in [5.41, 5.74) is 1.41. The molecule has 1 amide bonds. The lowest BCUT2D eigenvalue weighted by Gasteiger charge is -2.40. The highest BCUT2D eigenvalue weighted by Crippen LogP contribution is 2.38. The lowest BCUT2D eigenvalue weighted by Crippen LogP contribution is -3.00. The van der Waals surface area contributed by atoms with E-state index < -0.39 is 5.41 Å². The number of nitrogens with one attached hydrogen (secondary N) is 1. The van der Waals surface area contributed by atoms with Crippen molar-refractivity contribution in [3.05, 3.63) is 71.8 Å². The van der Waals surface area contributed by atoms with Gasteiger partial charge >= 0.3 is 0 Å². The summed E-state index contributed by atoms with van der Waals surface area (Å²) in [6, 6.07) is 20.7. The first-order valence-electron chi connectivity index (χ1n) is 9.03. The lowest BCUT2D eigenvalue weighted by molar-refractivity contribution is -0.894. The standard InChI is InChI=1S/C22H30N2O.BrH/c1-6-23-21(25)22(17-18(2)24(3,4)5,19-13-9-7-10-14-19)20-15-11-8-12-16-20;/h7-16,18H,6,17H2,1-5H3;1H. The van der Waals surface area contributed by atoms with Crippen LogP contribution in [0.2, 0.25) is 0 Å². The summed E-state index contributed by atoms with van der Waals surface area (Å²) in [4.78, 5) is 13.4. The van der Waals surface area contributed by atoms with Crippen molar-refractivity contribution in [2.75, 3.05) is 27.7 Å². The summed E-state index contributed by atoms with van der Waals surface area (Å²) in [6.07, 6.45) is 0.746. The van der Waals surface area contributed by atoms with E-state index in [4.69, 9.17) is 0 Å². The molecular weight excluding hydrogens is 388 g/mol. The Hall–Kier alpha value is -1.65. The molecule has 0 aliphatic carbocycles. The molecule has 0 aliphatic rings. The van der Waals surface area contributed by atoms with E-state index in [-0.39, 0.29) is 22.9 Å². The molecule has 0 saturated heterocycles. The highest BCUT2D eigenvalue weighted by molar-refractivity contribution is 5.92. The molecule has 1 atom stereocenters. The third kappa shape index (κ3) is 4.74. The quantitative estimate of drug-likeness (QED) is 0.655. The van der Waals surface area contributed by atoms with Crippen molar-refractivity contribution in [2.45, 2.75) is 31.7 Å². The van der Waals surface area contributed by atoms with E-state index in [1.165, 1.54) is 0 Å². The minimum absolute atomic E-state index is 0. The summed E-state index contributed by atoms with van der Waals surface area (Å²) < 4.78 is 0.806. The number of carbonyl (C=O) groups excluding carboxylic acids is 1. The number of likely N-dealkylation sites (N-methyl/N-ethyl adjacent to an activating group) is 1. The Morgan fingerprint density at radius 3 is 1.73 bits per heavy atom. The van der Waals surface area contributed by atoms with E-state index in [0.717, 1.165) is 22.0 Å². The van der Waals surface area contributed by atoms with E-state index >= 15 is 0 Å². The number of hydrogen-bond donors (Lipinski definition) is 1. The zero-order valence-electron chi connectivity index (χ0n) is 16.5. The van der Waals surface area contributed by atoms with Crippen LogP contribution in [0.4, 0.5) is 0 Å². The Bertz CT molecular complexity index is 641. The lowest BCUT2D eigenvalue weighted by atomic mass is 9.69. The molecule has 2 rings (SSSR count). The second-order valence-corrected chi connectivity index (χ2v) is 7.67. The Labute approximate surface area is 168 Å². The van der Waals surface area contributed by atoms with Crippen LogP contribution in [0.15, 0.2) is 60.7 Å². The molecule has 0 bridgehead atoms. The van der Waals surface area contributed by atoms with Crippen LogP contribution in [-0.2, 0) is 10.2 Å². The monoisotopic (exact) mass is 418 g/mol. The molecule has 0 spiro atoms. The Kier molecular flexibility index (Phi) is 8.04. The molecule has 3 nitrogen and oxygen atoms in total. The highest BCUT2D eigenvalue weighted by atomic mass is 79.9. The van der Waals surface area contributed by atoms with E-state index in [1.54, 1.807) is 0 Å². The molecule has 0 saturated carbocycles. The maximum Gasteiger partial charge on any atom is 0.235 e. The van der Waals surface area contributed by atoms with E-state index in [1.807, 2.05) is 43.3 Å². The van der Waals surface area contributed by atoms with Gasteiger partial charge in [-0.15, -0.1) is 0 Å². The summed E-state index contributed by atoms with van der Waals surface area (Å²) >= 11 is 0. The van der Waals surface area contributed by atoms with Crippen molar-refractivity contribution in [2.24, 2.45) is 0 Å². The number of quaternary nitrogens is 1. The largest absolute Gasteiger partial charge is 1.00 e. The summed E-state index contributed by atoms with van der Waals surface area (Å²) in [5.74, 6) is 0.0766. The van der Waals surface area contributed by atoms with E-state index in [0.29, 0.717) is 12.6 Å². The Morgan fingerprint density at radius 2 is 1.38 bits per heavy atom. The molecular formula is C22H31BrN2O. The summed E-state index contributed by atoms with van der Waals surface area (Å²) in [5, 5.41) is 3.09. The van der Waals surface area contributed by atoms with Crippen molar-refractivity contribution >= 4 is 5.91 Å². The average Bonchev–Trinajstić information content (AvgIpc) is 2.60. The van der Waals surface area contributed by atoms with Crippen LogP contribution in [0, 0.1) is 0 Å². The number of hydrogen-bond acceptors (Lipinski definition) is 1. The molecule has 0 fully saturated rings. The number of benzene rings is 2. The van der Waals surface area contributed by atoms with Gasteiger partial charge in [0.1, 0.15) is 5.41 Å². The number of amides is 1. The van der Waals surface area contributed by atoms with Crippen LogP contribution in [-0.4, -0.2) is 44.1 Å². The van der Waals surface area contributed by atoms with Crippen LogP contribution < -0.4 is 22.3 Å². The molecule has 0 heterocycles. The normalized spacial score (nSPS) is 12.8. The van der Waals surface area contributed by atoms with Gasteiger partial charge in [0.2, 0.25) is 5.91 Å². The van der Waals surface area contributed by atoms with Gasteiger partial charge in [-0.2, -0.15) is 0 Å². The van der Waals surface area contributed by atoms with Gasteiger partial charge in [-0.3, -0.25) is 4.79 Å². The highest BCUT2D eigenvalue weighted by Gasteiger charge is 2.45. The predicted octanol–water partition coefficient (Wildman–Crippen LogP) is 0.598. The number of nitrogens with zero attached hydrogens (tertiary/aromatic N) is 1. The average molecular weight is 419 g/mol. The van der Waals surface area contributed by atoms with Crippen LogP contribution in [0.1, 0.15) is 31.4 Å². The van der Waals surface area contributed by atoms with Gasteiger partial charge in [0.25, 0.3) is 0 Å². The Morgan fingerprint density at radius 1 is 0.962 bits per heavy atom. The maximum absolute atomic E-state index is 13.4. The molecule has 2 aromatic rings. The van der Waals surface area contributed by atoms with Crippen LogP contribution in [0.25, 0.3) is 0 Å². The molecule has 142 valence electrons. The van der Waals surface area contributed by atoms with Gasteiger partial charge < -0.3 is 26.8 Å². The zero-order chi connectivity index (χ0) is 18.5. The fourth-order valence-electron chi connectivity index (χ4n) is 3.23. The van der Waals surface area contributed by atoms with Crippen molar-refractivity contribution < 1.29 is 26.3 Å². The van der Waals surface area contributed by atoms with E-state index in [9.17, 15) is 4.79 Å². The topological polar surface area (TPSA) is 29.1 Å². The SMILES string of the molecule is CCNC(=O)C(CC(C)[N+](C)(C)C)(c1ccccc1)c1ccccc1.[Br-]. The molecule has 1 N–H and O–H groups in total. The molecule has 4 heteroatoms. The van der Waals surface area contributed by atoms with Crippen LogP contribution >= 0.6 is 0 Å². The molecule has 0 aliphatic heterocycles. The fourth-order valence-corrected chi connectivity index (χ4v) is 3.23. The third-order valence-electron chi connectivity index (χ3n) is 5.18. The molecule has 2 aromatic carbocycles. The predicted molar refractivity (Wildman–Crippen MR) is 104 cm³/mol. The van der Waals surface area contributed by atoms with Crippen molar-refractivity contribution in [1.82, 2.24) is 5.32 Å². The first kappa shape index (κ1) is 22.4. The third-order valence-corrected chi connectivity index (χ3v) is 5.18. The molecule has 0 radical (unpaired) electrons. The maximum atomic E-state index is 13.4. The number of halogens is 1. The first-order valence-corrected chi connectivity index (χ1v) is 9.03. The fraction of sp³-hybridized carbons (Fsp3) is 0.409. The van der Waals surface area contributed by atoms with Crippen LogP contribution in [0.3, 0.4) is 0 Å². The van der Waals surface area contributed by atoms with Gasteiger partial charge in [0.05, 0.1) is 27.2 Å². The second-order valence-electron chi connectivity index (χ2n) is 7.67. The van der Waals surface area contributed by atoms with Crippen molar-refractivity contribution in [3.8, 4) is 0 Å². The second kappa shape index (κ2) is 9.33.